The predicted molar refractivity (Wildman–Crippen MR) is 103 cm³/mol. The minimum Gasteiger partial charge on any atom is -0.494 e. The van der Waals surface area contributed by atoms with E-state index < -0.39 is 0 Å². The van der Waals surface area contributed by atoms with E-state index in [1.165, 1.54) is 16.8 Å². The molecule has 1 heterocycles. The molecule has 140 valence electrons. The monoisotopic (exact) mass is 387 g/mol. The fourth-order valence-electron chi connectivity index (χ4n) is 2.30. The van der Waals surface area contributed by atoms with Gasteiger partial charge < -0.3 is 15.9 Å². The quantitative estimate of drug-likeness (QED) is 0.478. The first-order valence-corrected chi connectivity index (χ1v) is 9.17. The van der Waals surface area contributed by atoms with E-state index in [2.05, 4.69) is 15.5 Å². The average Bonchev–Trinajstić information content (AvgIpc) is 3.03. The molecule has 2 aromatic carbocycles. The summed E-state index contributed by atoms with van der Waals surface area (Å²) in [7, 11) is 0. The highest BCUT2D eigenvalue weighted by Crippen LogP contribution is 2.22. The maximum Gasteiger partial charge on any atom is 0.234 e. The van der Waals surface area contributed by atoms with Crippen LogP contribution in [0.25, 0.3) is 11.4 Å². The molecule has 0 aliphatic heterocycles. The summed E-state index contributed by atoms with van der Waals surface area (Å²) in [5.41, 5.74) is 1.31. The summed E-state index contributed by atoms with van der Waals surface area (Å²) in [6, 6.07) is 12.9. The van der Waals surface area contributed by atoms with Crippen LogP contribution < -0.4 is 15.9 Å². The van der Waals surface area contributed by atoms with Gasteiger partial charge in [0.05, 0.1) is 12.4 Å². The smallest absolute Gasteiger partial charge is 0.234 e. The van der Waals surface area contributed by atoms with E-state index in [1.54, 1.807) is 36.4 Å². The number of aromatic nitrogens is 3. The zero-order valence-corrected chi connectivity index (χ0v) is 15.4. The maximum atomic E-state index is 13.0. The number of thioether (sulfide) groups is 1. The van der Waals surface area contributed by atoms with Crippen LogP contribution in [0.1, 0.15) is 6.92 Å². The van der Waals surface area contributed by atoms with Gasteiger partial charge in [-0.1, -0.05) is 11.8 Å². The molecular weight excluding hydrogens is 369 g/mol. The van der Waals surface area contributed by atoms with Crippen LogP contribution in [0.4, 0.5) is 10.1 Å². The highest BCUT2D eigenvalue weighted by Gasteiger charge is 2.14. The number of carbonyl (C=O) groups is 1. The Morgan fingerprint density at radius 3 is 2.56 bits per heavy atom. The summed E-state index contributed by atoms with van der Waals surface area (Å²) in [6.45, 7) is 2.49. The Balaban J connectivity index is 1.58. The number of hydrogen-bond acceptors (Lipinski definition) is 6. The molecule has 7 nitrogen and oxygen atoms in total. The van der Waals surface area contributed by atoms with Crippen molar-refractivity contribution >= 4 is 23.4 Å². The van der Waals surface area contributed by atoms with Gasteiger partial charge in [0.2, 0.25) is 11.1 Å². The van der Waals surface area contributed by atoms with Crippen LogP contribution in [-0.4, -0.2) is 33.1 Å². The lowest BCUT2D eigenvalue weighted by Gasteiger charge is -2.07. The zero-order chi connectivity index (χ0) is 19.2. The molecule has 0 bridgehead atoms. The lowest BCUT2D eigenvalue weighted by Crippen LogP contribution is -2.16. The van der Waals surface area contributed by atoms with Crippen molar-refractivity contribution in [1.29, 1.82) is 0 Å². The van der Waals surface area contributed by atoms with Crippen LogP contribution in [0.3, 0.4) is 0 Å². The van der Waals surface area contributed by atoms with Gasteiger partial charge in [0.25, 0.3) is 0 Å². The number of amides is 1. The number of nitrogens with one attached hydrogen (secondary N) is 1. The normalized spacial score (nSPS) is 10.6. The molecule has 0 saturated carbocycles. The number of carbonyl (C=O) groups excluding carboxylic acids is 1. The Labute approximate surface area is 159 Å². The molecule has 0 atom stereocenters. The number of nitrogens with two attached hydrogens (primary N) is 1. The number of halogens is 1. The highest BCUT2D eigenvalue weighted by atomic mass is 32.2. The molecule has 3 N–H and O–H groups in total. The van der Waals surface area contributed by atoms with Crippen molar-refractivity contribution in [1.82, 2.24) is 14.9 Å². The van der Waals surface area contributed by atoms with E-state index in [0.717, 1.165) is 17.5 Å². The first-order chi connectivity index (χ1) is 13.1. The average molecular weight is 387 g/mol. The van der Waals surface area contributed by atoms with Crippen molar-refractivity contribution < 1.29 is 13.9 Å². The molecule has 9 heteroatoms. The van der Waals surface area contributed by atoms with E-state index in [1.807, 2.05) is 6.92 Å². The number of benzene rings is 2. The minimum absolute atomic E-state index is 0.117. The van der Waals surface area contributed by atoms with E-state index >= 15 is 0 Å². The van der Waals surface area contributed by atoms with E-state index in [0.29, 0.717) is 28.8 Å². The number of rotatable bonds is 7. The Hall–Kier alpha value is -3.07. The van der Waals surface area contributed by atoms with Crippen LogP contribution in [0.5, 0.6) is 5.75 Å². The van der Waals surface area contributed by atoms with Crippen molar-refractivity contribution in [2.45, 2.75) is 12.1 Å². The Kier molecular flexibility index (Phi) is 5.92. The first kappa shape index (κ1) is 18.7. The zero-order valence-electron chi connectivity index (χ0n) is 14.6. The van der Waals surface area contributed by atoms with Gasteiger partial charge >= 0.3 is 0 Å². The highest BCUT2D eigenvalue weighted by molar-refractivity contribution is 7.99. The van der Waals surface area contributed by atoms with Crippen molar-refractivity contribution in [3.63, 3.8) is 0 Å². The molecule has 0 fully saturated rings. The van der Waals surface area contributed by atoms with Gasteiger partial charge in [-0.3, -0.25) is 4.79 Å². The van der Waals surface area contributed by atoms with Crippen LogP contribution in [-0.2, 0) is 4.79 Å². The van der Waals surface area contributed by atoms with Gasteiger partial charge in [-0.15, -0.1) is 10.2 Å². The van der Waals surface area contributed by atoms with E-state index in [4.69, 9.17) is 10.6 Å². The van der Waals surface area contributed by atoms with Crippen molar-refractivity contribution in [3.8, 4) is 17.1 Å². The van der Waals surface area contributed by atoms with Gasteiger partial charge in [-0.25, -0.2) is 9.07 Å². The molecule has 3 rings (SSSR count). The summed E-state index contributed by atoms with van der Waals surface area (Å²) in [5, 5.41) is 11.2. The van der Waals surface area contributed by atoms with Crippen molar-refractivity contribution in [2.75, 3.05) is 23.5 Å². The third-order valence-corrected chi connectivity index (χ3v) is 4.49. The number of ether oxygens (including phenoxy) is 1. The van der Waals surface area contributed by atoms with Gasteiger partial charge in [-0.05, 0) is 55.5 Å². The molecule has 27 heavy (non-hydrogen) atoms. The van der Waals surface area contributed by atoms with Crippen LogP contribution in [0, 0.1) is 5.82 Å². The number of nitrogen functional groups attached to an aromatic ring is 1. The minimum atomic E-state index is -0.345. The molecule has 0 unspecified atom stereocenters. The Morgan fingerprint density at radius 1 is 1.19 bits per heavy atom. The van der Waals surface area contributed by atoms with Crippen LogP contribution >= 0.6 is 11.8 Å². The molecule has 0 aliphatic rings. The van der Waals surface area contributed by atoms with Crippen LogP contribution in [0.15, 0.2) is 53.7 Å². The van der Waals surface area contributed by atoms with Gasteiger partial charge in [-0.2, -0.15) is 0 Å². The summed E-state index contributed by atoms with van der Waals surface area (Å²) < 4.78 is 19.7. The molecule has 3 aromatic rings. The van der Waals surface area contributed by atoms with Gasteiger partial charge in [0.15, 0.2) is 5.82 Å². The topological polar surface area (TPSA) is 95.1 Å². The second-order valence-electron chi connectivity index (χ2n) is 5.48. The van der Waals surface area contributed by atoms with Crippen molar-refractivity contribution in [3.05, 3.63) is 54.3 Å². The number of nitrogens with zero attached hydrogens (tertiary/aromatic N) is 3. The lowest BCUT2D eigenvalue weighted by molar-refractivity contribution is -0.113. The first-order valence-electron chi connectivity index (χ1n) is 8.18. The number of hydrogen-bond donors (Lipinski definition) is 2. The standard InChI is InChI=1S/C18H18FN5O2S/c1-2-26-15-9-7-14(8-10-15)21-16(25)11-27-18-23-22-17(24(18)20)12-3-5-13(19)6-4-12/h3-10H,2,11,20H2,1H3,(H,21,25). The molecule has 0 radical (unpaired) electrons. The second-order valence-corrected chi connectivity index (χ2v) is 6.42. The molecule has 1 aromatic heterocycles. The largest absolute Gasteiger partial charge is 0.494 e. The summed E-state index contributed by atoms with van der Waals surface area (Å²) in [6.07, 6.45) is 0. The van der Waals surface area contributed by atoms with Crippen molar-refractivity contribution in [2.24, 2.45) is 0 Å². The van der Waals surface area contributed by atoms with Gasteiger partial charge in [0, 0.05) is 11.3 Å². The van der Waals surface area contributed by atoms with E-state index in [9.17, 15) is 9.18 Å². The number of anilines is 1. The molecule has 0 spiro atoms. The molecule has 0 aliphatic carbocycles. The summed E-state index contributed by atoms with van der Waals surface area (Å²) >= 11 is 1.16. The fourth-order valence-corrected chi connectivity index (χ4v) is 2.96. The predicted octanol–water partition coefficient (Wildman–Crippen LogP) is 2.93. The fraction of sp³-hybridized carbons (Fsp3) is 0.167. The third kappa shape index (κ3) is 4.76. The third-order valence-electron chi connectivity index (χ3n) is 3.55. The Morgan fingerprint density at radius 2 is 1.89 bits per heavy atom. The summed E-state index contributed by atoms with van der Waals surface area (Å²) in [5.74, 6) is 6.70. The SMILES string of the molecule is CCOc1ccc(NC(=O)CSc2nnc(-c3ccc(F)cc3)n2N)cc1. The Bertz CT molecular complexity index is 913. The molecular formula is C18H18FN5O2S. The van der Waals surface area contributed by atoms with Crippen LogP contribution in [0.2, 0.25) is 0 Å². The summed E-state index contributed by atoms with van der Waals surface area (Å²) in [4.78, 5) is 12.1. The van der Waals surface area contributed by atoms with E-state index in [-0.39, 0.29) is 17.5 Å². The molecule has 0 saturated heterocycles. The maximum absolute atomic E-state index is 13.0. The second kappa shape index (κ2) is 8.54. The molecule has 1 amide bonds. The van der Waals surface area contributed by atoms with Gasteiger partial charge in [0.1, 0.15) is 11.6 Å². The lowest BCUT2D eigenvalue weighted by atomic mass is 10.2.